The fourth-order valence-electron chi connectivity index (χ4n) is 2.04. The van der Waals surface area contributed by atoms with Crippen LogP contribution in [0.1, 0.15) is 16.3 Å². The molecule has 0 saturated carbocycles. The highest BCUT2D eigenvalue weighted by Gasteiger charge is 2.20. The summed E-state index contributed by atoms with van der Waals surface area (Å²) in [7, 11) is 1.37. The molecule has 1 unspecified atom stereocenters. The smallest absolute Gasteiger partial charge is 0.328 e. The number of carboxylic acids is 1. The Bertz CT molecular complexity index is 702. The van der Waals surface area contributed by atoms with Crippen LogP contribution in [0.25, 0.3) is 0 Å². The zero-order chi connectivity index (χ0) is 17.5. The van der Waals surface area contributed by atoms with Gasteiger partial charge in [-0.3, -0.25) is 4.79 Å². The van der Waals surface area contributed by atoms with E-state index in [9.17, 15) is 14.0 Å². The van der Waals surface area contributed by atoms with Gasteiger partial charge in [-0.05, 0) is 17.7 Å². The average molecular weight is 352 g/mol. The summed E-state index contributed by atoms with van der Waals surface area (Å²) < 4.78 is 17.6. The van der Waals surface area contributed by atoms with Crippen molar-refractivity contribution in [3.05, 3.63) is 51.7 Å². The Labute approximate surface area is 142 Å². The van der Waals surface area contributed by atoms with Crippen LogP contribution in [0.4, 0.5) is 4.39 Å². The lowest BCUT2D eigenvalue weighted by Gasteiger charge is -2.12. The van der Waals surface area contributed by atoms with Crippen molar-refractivity contribution in [2.24, 2.45) is 0 Å². The van der Waals surface area contributed by atoms with E-state index < -0.39 is 17.9 Å². The molecule has 0 aliphatic rings. The highest BCUT2D eigenvalue weighted by Crippen LogP contribution is 2.15. The van der Waals surface area contributed by atoms with E-state index in [1.807, 2.05) is 0 Å². The van der Waals surface area contributed by atoms with Gasteiger partial charge in [-0.15, -0.1) is 11.3 Å². The quantitative estimate of drug-likeness (QED) is 0.754. The summed E-state index contributed by atoms with van der Waals surface area (Å²) in [6, 6.07) is 5.06. The Balaban J connectivity index is 1.91. The lowest BCUT2D eigenvalue weighted by atomic mass is 10.1. The molecule has 2 N–H and O–H groups in total. The van der Waals surface area contributed by atoms with Crippen molar-refractivity contribution in [1.29, 1.82) is 0 Å². The predicted octanol–water partition coefficient (Wildman–Crippen LogP) is 1.63. The zero-order valence-electron chi connectivity index (χ0n) is 13.0. The second-order valence-electron chi connectivity index (χ2n) is 5.13. The van der Waals surface area contributed by atoms with Crippen LogP contribution in [-0.4, -0.2) is 41.7 Å². The van der Waals surface area contributed by atoms with Crippen molar-refractivity contribution in [2.75, 3.05) is 13.7 Å². The molecule has 0 spiro atoms. The third kappa shape index (κ3) is 5.39. The molecular formula is C16H17FN2O4S. The summed E-state index contributed by atoms with van der Waals surface area (Å²) in [5.41, 5.74) is 1.49. The van der Waals surface area contributed by atoms with Crippen LogP contribution in [0.3, 0.4) is 0 Å². The largest absolute Gasteiger partial charge is 0.480 e. The summed E-state index contributed by atoms with van der Waals surface area (Å²) in [5.74, 6) is -1.88. The van der Waals surface area contributed by atoms with Crippen molar-refractivity contribution in [3.63, 3.8) is 0 Å². The average Bonchev–Trinajstić information content (AvgIpc) is 2.96. The first-order valence-electron chi connectivity index (χ1n) is 7.16. The molecule has 0 radical (unpaired) electrons. The summed E-state index contributed by atoms with van der Waals surface area (Å²) in [6.07, 6.45) is 0.543. The SMILES string of the molecule is COCC(NC(=O)Cc1csc(Cc2ccc(F)cc2)n1)C(=O)O. The summed E-state index contributed by atoms with van der Waals surface area (Å²) in [6.45, 7) is -0.103. The van der Waals surface area contributed by atoms with E-state index in [1.165, 1.54) is 30.6 Å². The molecule has 1 atom stereocenters. The maximum atomic E-state index is 12.9. The molecule has 8 heteroatoms. The lowest BCUT2D eigenvalue weighted by Crippen LogP contribution is -2.44. The number of rotatable bonds is 8. The second-order valence-corrected chi connectivity index (χ2v) is 6.07. The third-order valence-corrected chi connectivity index (χ3v) is 4.07. The number of aromatic nitrogens is 1. The fourth-order valence-corrected chi connectivity index (χ4v) is 2.87. The number of hydrogen-bond acceptors (Lipinski definition) is 5. The molecule has 0 saturated heterocycles. The first-order chi connectivity index (χ1) is 11.5. The highest BCUT2D eigenvalue weighted by atomic mass is 32.1. The Kier molecular flexibility index (Phi) is 6.39. The Morgan fingerprint density at radius 1 is 1.38 bits per heavy atom. The number of ether oxygens (including phenoxy) is 1. The molecule has 1 heterocycles. The molecule has 0 aliphatic carbocycles. The minimum atomic E-state index is -1.15. The molecule has 2 rings (SSSR count). The van der Waals surface area contributed by atoms with Crippen molar-refractivity contribution < 1.29 is 23.8 Å². The van der Waals surface area contributed by atoms with Crippen molar-refractivity contribution in [2.45, 2.75) is 18.9 Å². The minimum Gasteiger partial charge on any atom is -0.480 e. The van der Waals surface area contributed by atoms with Gasteiger partial charge in [0.05, 0.1) is 23.7 Å². The normalized spacial score (nSPS) is 11.9. The first kappa shape index (κ1) is 18.0. The van der Waals surface area contributed by atoms with Gasteiger partial charge < -0.3 is 15.2 Å². The predicted molar refractivity (Wildman–Crippen MR) is 86.5 cm³/mol. The van der Waals surface area contributed by atoms with Crippen molar-refractivity contribution in [1.82, 2.24) is 10.3 Å². The number of carboxylic acid groups (broad SMARTS) is 1. The van der Waals surface area contributed by atoms with Crippen LogP contribution in [0.2, 0.25) is 0 Å². The maximum absolute atomic E-state index is 12.9. The number of amides is 1. The monoisotopic (exact) mass is 352 g/mol. The molecule has 1 amide bonds. The minimum absolute atomic E-state index is 0.00654. The molecule has 128 valence electrons. The van der Waals surface area contributed by atoms with Crippen LogP contribution in [0, 0.1) is 5.82 Å². The van der Waals surface area contributed by atoms with Gasteiger partial charge in [0.25, 0.3) is 0 Å². The third-order valence-electron chi connectivity index (χ3n) is 3.18. The van der Waals surface area contributed by atoms with E-state index in [0.29, 0.717) is 12.1 Å². The van der Waals surface area contributed by atoms with E-state index in [4.69, 9.17) is 9.84 Å². The summed E-state index contributed by atoms with van der Waals surface area (Å²) >= 11 is 1.40. The Morgan fingerprint density at radius 2 is 2.08 bits per heavy atom. The van der Waals surface area contributed by atoms with Crippen LogP contribution < -0.4 is 5.32 Å². The molecule has 6 nitrogen and oxygen atoms in total. The van der Waals surface area contributed by atoms with Gasteiger partial charge in [-0.1, -0.05) is 12.1 Å². The highest BCUT2D eigenvalue weighted by molar-refractivity contribution is 7.09. The maximum Gasteiger partial charge on any atom is 0.328 e. The first-order valence-corrected chi connectivity index (χ1v) is 8.04. The topological polar surface area (TPSA) is 88.5 Å². The molecule has 0 fully saturated rings. The van der Waals surface area contributed by atoms with Crippen LogP contribution in [-0.2, 0) is 27.2 Å². The zero-order valence-corrected chi connectivity index (χ0v) is 13.8. The lowest BCUT2D eigenvalue weighted by molar-refractivity contribution is -0.143. The molecule has 1 aromatic carbocycles. The number of carbonyl (C=O) groups is 2. The van der Waals surface area contributed by atoms with Crippen LogP contribution in [0.15, 0.2) is 29.6 Å². The number of halogens is 1. The fraction of sp³-hybridized carbons (Fsp3) is 0.312. The van der Waals surface area contributed by atoms with Crippen LogP contribution in [0.5, 0.6) is 0 Å². The van der Waals surface area contributed by atoms with E-state index in [2.05, 4.69) is 10.3 Å². The number of nitrogens with zero attached hydrogens (tertiary/aromatic N) is 1. The van der Waals surface area contributed by atoms with Crippen molar-refractivity contribution in [3.8, 4) is 0 Å². The molecule has 24 heavy (non-hydrogen) atoms. The second kappa shape index (κ2) is 8.51. The Morgan fingerprint density at radius 3 is 2.71 bits per heavy atom. The van der Waals surface area contributed by atoms with Gasteiger partial charge in [0.15, 0.2) is 6.04 Å². The molecular weight excluding hydrogens is 335 g/mol. The molecule has 0 aliphatic heterocycles. The van der Waals surface area contributed by atoms with Gasteiger partial charge in [0.1, 0.15) is 5.82 Å². The van der Waals surface area contributed by atoms with Crippen LogP contribution >= 0.6 is 11.3 Å². The number of aliphatic carboxylic acids is 1. The van der Waals surface area contributed by atoms with Gasteiger partial charge in [-0.2, -0.15) is 0 Å². The summed E-state index contributed by atoms with van der Waals surface area (Å²) in [4.78, 5) is 27.2. The van der Waals surface area contributed by atoms with Gasteiger partial charge in [-0.25, -0.2) is 14.2 Å². The van der Waals surface area contributed by atoms with Crippen molar-refractivity contribution >= 4 is 23.2 Å². The number of benzene rings is 1. The number of carbonyl (C=O) groups excluding carboxylic acids is 1. The van der Waals surface area contributed by atoms with Gasteiger partial charge >= 0.3 is 5.97 Å². The van der Waals surface area contributed by atoms with E-state index >= 15 is 0 Å². The van der Waals surface area contributed by atoms with E-state index in [0.717, 1.165) is 10.6 Å². The van der Waals surface area contributed by atoms with E-state index in [1.54, 1.807) is 17.5 Å². The number of thiazole rings is 1. The number of methoxy groups -OCH3 is 1. The number of nitrogens with one attached hydrogen (secondary N) is 1. The summed E-state index contributed by atoms with van der Waals surface area (Å²) in [5, 5.41) is 13.9. The molecule has 2 aromatic rings. The standard InChI is InChI=1S/C16H17FN2O4S/c1-23-8-13(16(21)22)19-14(20)7-12-9-24-15(18-12)6-10-2-4-11(17)5-3-10/h2-5,9,13H,6-8H2,1H3,(H,19,20)(H,21,22). The molecule has 1 aromatic heterocycles. The number of hydrogen-bond donors (Lipinski definition) is 2. The van der Waals surface area contributed by atoms with Gasteiger partial charge in [0.2, 0.25) is 5.91 Å². The Hall–Kier alpha value is -2.32. The molecule has 0 bridgehead atoms. The van der Waals surface area contributed by atoms with Gasteiger partial charge in [0, 0.05) is 18.9 Å². The van der Waals surface area contributed by atoms with E-state index in [-0.39, 0.29) is 18.8 Å².